The zero-order valence-corrected chi connectivity index (χ0v) is 33.5. The molecule has 0 saturated heterocycles. The highest BCUT2D eigenvalue weighted by molar-refractivity contribution is 7.20. The van der Waals surface area contributed by atoms with Gasteiger partial charge in [0, 0.05) is 32.9 Å². The first-order valence-electron chi connectivity index (χ1n) is 20.4. The standard InChI is InChI=1S/C56H40N2Si/c1-5-23-43(24-6-1)57-55-37-35-44(58(53-33-17-21-41-19-13-15-31-49(41)53)54-34-18-22-42-20-14-16-32-50(42)54)39-51(55)52-40-48(36-38-56(52)57)59(45-25-7-2-8-26-45,46-27-9-3-10-28-46)47-29-11-4-12-30-47/h1-40H. The van der Waals surface area contributed by atoms with Gasteiger partial charge in [0.15, 0.2) is 8.07 Å². The van der Waals surface area contributed by atoms with Crippen LogP contribution >= 0.6 is 0 Å². The quantitative estimate of drug-likeness (QED) is 0.110. The zero-order valence-electron chi connectivity index (χ0n) is 32.5. The van der Waals surface area contributed by atoms with E-state index in [0.717, 1.165) is 22.7 Å². The molecule has 11 rings (SSSR count). The average Bonchev–Trinajstić information content (AvgIpc) is 3.64. The summed E-state index contributed by atoms with van der Waals surface area (Å²) in [5, 5.41) is 12.7. The number of para-hydroxylation sites is 1. The van der Waals surface area contributed by atoms with Crippen LogP contribution in [0, 0.1) is 0 Å². The number of fused-ring (bicyclic) bond motifs is 5. The second kappa shape index (κ2) is 14.5. The second-order valence-corrected chi connectivity index (χ2v) is 19.1. The van der Waals surface area contributed by atoms with Crippen LogP contribution in [-0.2, 0) is 0 Å². The fourth-order valence-corrected chi connectivity index (χ4v) is 14.3. The van der Waals surface area contributed by atoms with Crippen LogP contribution in [0.4, 0.5) is 17.1 Å². The first-order valence-corrected chi connectivity index (χ1v) is 22.4. The summed E-state index contributed by atoms with van der Waals surface area (Å²) in [6.45, 7) is 0. The predicted molar refractivity (Wildman–Crippen MR) is 254 cm³/mol. The van der Waals surface area contributed by atoms with Crippen molar-refractivity contribution < 1.29 is 0 Å². The van der Waals surface area contributed by atoms with E-state index in [0.29, 0.717) is 0 Å². The lowest BCUT2D eigenvalue weighted by Crippen LogP contribution is -2.74. The summed E-state index contributed by atoms with van der Waals surface area (Å²) in [5.74, 6) is 0. The Morgan fingerprint density at radius 3 is 1.25 bits per heavy atom. The van der Waals surface area contributed by atoms with Gasteiger partial charge in [0.1, 0.15) is 0 Å². The molecule has 0 unspecified atom stereocenters. The van der Waals surface area contributed by atoms with Gasteiger partial charge in [-0.05, 0) is 80.1 Å². The molecule has 0 atom stereocenters. The maximum atomic E-state index is 2.53. The van der Waals surface area contributed by atoms with E-state index in [4.69, 9.17) is 0 Å². The molecular weight excluding hydrogens is 729 g/mol. The smallest absolute Gasteiger partial charge is 0.179 e. The first-order chi connectivity index (χ1) is 29.3. The van der Waals surface area contributed by atoms with E-state index in [1.165, 1.54) is 64.1 Å². The van der Waals surface area contributed by atoms with E-state index in [2.05, 4.69) is 252 Å². The number of hydrogen-bond donors (Lipinski definition) is 0. The van der Waals surface area contributed by atoms with Gasteiger partial charge in [-0.3, -0.25) is 0 Å². The van der Waals surface area contributed by atoms with Gasteiger partial charge in [0.2, 0.25) is 0 Å². The van der Waals surface area contributed by atoms with Gasteiger partial charge < -0.3 is 9.47 Å². The van der Waals surface area contributed by atoms with E-state index in [9.17, 15) is 0 Å². The fraction of sp³-hybridized carbons (Fsp3) is 0. The molecule has 0 aliphatic rings. The maximum absolute atomic E-state index is 2.80. The van der Waals surface area contributed by atoms with Crippen LogP contribution in [-0.4, -0.2) is 12.6 Å². The summed E-state index contributed by atoms with van der Waals surface area (Å²) in [6, 6.07) is 89.6. The number of nitrogens with zero attached hydrogens (tertiary/aromatic N) is 2. The molecule has 0 saturated carbocycles. The minimum absolute atomic E-state index is 1.11. The third-order valence-corrected chi connectivity index (χ3v) is 16.9. The van der Waals surface area contributed by atoms with Gasteiger partial charge in [0.05, 0.1) is 22.4 Å². The molecule has 0 fully saturated rings. The lowest BCUT2D eigenvalue weighted by molar-refractivity contribution is 1.18. The molecule has 0 aliphatic carbocycles. The maximum Gasteiger partial charge on any atom is 0.179 e. The van der Waals surface area contributed by atoms with Crippen molar-refractivity contribution in [3.05, 3.63) is 243 Å². The minimum Gasteiger partial charge on any atom is -0.309 e. The van der Waals surface area contributed by atoms with Crippen molar-refractivity contribution >= 4 is 89.2 Å². The number of aromatic nitrogens is 1. The summed E-state index contributed by atoms with van der Waals surface area (Å²) < 4.78 is 2.44. The third-order valence-electron chi connectivity index (χ3n) is 12.1. The monoisotopic (exact) mass is 768 g/mol. The SMILES string of the molecule is c1ccc(-n2c3ccc(N(c4cccc5ccccc45)c4cccc5ccccc45)cc3c3cc([Si](c4ccccc4)(c4ccccc4)c4ccccc4)ccc32)cc1. The Kier molecular flexibility index (Phi) is 8.53. The van der Waals surface area contributed by atoms with Crippen molar-refractivity contribution in [3.8, 4) is 5.69 Å². The van der Waals surface area contributed by atoms with Crippen LogP contribution in [0.15, 0.2) is 243 Å². The molecule has 2 nitrogen and oxygen atoms in total. The van der Waals surface area contributed by atoms with E-state index in [-0.39, 0.29) is 0 Å². The summed E-state index contributed by atoms with van der Waals surface area (Å²) in [6.07, 6.45) is 0. The average molecular weight is 769 g/mol. The molecule has 3 heteroatoms. The highest BCUT2D eigenvalue weighted by Gasteiger charge is 2.41. The van der Waals surface area contributed by atoms with E-state index in [1.54, 1.807) is 0 Å². The number of rotatable bonds is 8. The molecule has 59 heavy (non-hydrogen) atoms. The van der Waals surface area contributed by atoms with Crippen molar-refractivity contribution in [2.45, 2.75) is 0 Å². The third kappa shape index (κ3) is 5.70. The van der Waals surface area contributed by atoms with Crippen molar-refractivity contribution in [1.82, 2.24) is 4.57 Å². The van der Waals surface area contributed by atoms with Crippen LogP contribution in [0.25, 0.3) is 49.0 Å². The Bertz CT molecular complexity index is 3080. The van der Waals surface area contributed by atoms with Gasteiger partial charge in [-0.15, -0.1) is 0 Å². The van der Waals surface area contributed by atoms with Crippen LogP contribution < -0.4 is 25.6 Å². The van der Waals surface area contributed by atoms with Crippen LogP contribution in [0.3, 0.4) is 0 Å². The normalized spacial score (nSPS) is 11.7. The van der Waals surface area contributed by atoms with Crippen molar-refractivity contribution in [1.29, 1.82) is 0 Å². The molecule has 1 heterocycles. The summed E-state index contributed by atoms with van der Waals surface area (Å²) in [5.41, 5.74) is 6.91. The molecule has 278 valence electrons. The highest BCUT2D eigenvalue weighted by Crippen LogP contribution is 2.44. The van der Waals surface area contributed by atoms with E-state index < -0.39 is 8.07 Å². The topological polar surface area (TPSA) is 8.17 Å². The zero-order chi connectivity index (χ0) is 39.2. The first kappa shape index (κ1) is 34.8. The molecular formula is C56H40N2Si. The van der Waals surface area contributed by atoms with Crippen LogP contribution in [0.1, 0.15) is 0 Å². The fourth-order valence-electron chi connectivity index (χ4n) is 9.52. The lowest BCUT2D eigenvalue weighted by atomic mass is 10.0. The van der Waals surface area contributed by atoms with E-state index >= 15 is 0 Å². The summed E-state index contributed by atoms with van der Waals surface area (Å²) in [4.78, 5) is 2.47. The van der Waals surface area contributed by atoms with Crippen LogP contribution in [0.5, 0.6) is 0 Å². The number of benzene rings is 10. The Balaban J connectivity index is 1.24. The Morgan fingerprint density at radius 1 is 0.305 bits per heavy atom. The van der Waals surface area contributed by atoms with Crippen molar-refractivity contribution in [2.24, 2.45) is 0 Å². The van der Waals surface area contributed by atoms with Crippen LogP contribution in [0.2, 0.25) is 0 Å². The Labute approximate surface area is 345 Å². The number of hydrogen-bond acceptors (Lipinski definition) is 1. The summed E-state index contributed by atoms with van der Waals surface area (Å²) in [7, 11) is -2.80. The minimum atomic E-state index is -2.80. The van der Waals surface area contributed by atoms with Crippen molar-refractivity contribution in [2.75, 3.05) is 4.90 Å². The van der Waals surface area contributed by atoms with Gasteiger partial charge in [0.25, 0.3) is 0 Å². The van der Waals surface area contributed by atoms with Gasteiger partial charge in [-0.2, -0.15) is 0 Å². The largest absolute Gasteiger partial charge is 0.309 e. The molecule has 0 N–H and O–H groups in total. The Hall–Kier alpha value is -7.46. The van der Waals surface area contributed by atoms with Crippen molar-refractivity contribution in [3.63, 3.8) is 0 Å². The van der Waals surface area contributed by atoms with Gasteiger partial charge in [-0.25, -0.2) is 0 Å². The molecule has 0 bridgehead atoms. The predicted octanol–water partition coefficient (Wildman–Crippen LogP) is 11.9. The highest BCUT2D eigenvalue weighted by atomic mass is 28.3. The van der Waals surface area contributed by atoms with Gasteiger partial charge >= 0.3 is 0 Å². The van der Waals surface area contributed by atoms with Gasteiger partial charge in [-0.1, -0.05) is 194 Å². The molecule has 0 spiro atoms. The lowest BCUT2D eigenvalue weighted by Gasteiger charge is -2.34. The molecule has 10 aromatic carbocycles. The summed E-state index contributed by atoms with van der Waals surface area (Å²) >= 11 is 0. The number of anilines is 3. The molecule has 0 radical (unpaired) electrons. The second-order valence-electron chi connectivity index (χ2n) is 15.3. The molecule has 0 amide bonds. The molecule has 1 aromatic heterocycles. The Morgan fingerprint density at radius 2 is 0.729 bits per heavy atom. The molecule has 0 aliphatic heterocycles. The molecule has 11 aromatic rings. The van der Waals surface area contributed by atoms with E-state index in [1.807, 2.05) is 0 Å².